The second kappa shape index (κ2) is 12.9. The summed E-state index contributed by atoms with van der Waals surface area (Å²) >= 11 is 0. The highest BCUT2D eigenvalue weighted by atomic mass is 16.6. The predicted molar refractivity (Wildman–Crippen MR) is 146 cm³/mol. The third kappa shape index (κ3) is 6.74. The Labute approximate surface area is 236 Å². The number of nitro benzene ring substituents is 3. The maximum absolute atomic E-state index is 11.9. The maximum atomic E-state index is 11.9. The summed E-state index contributed by atoms with van der Waals surface area (Å²) in [6, 6.07) is 19.6. The van der Waals surface area contributed by atoms with Crippen LogP contribution in [-0.2, 0) is 19.8 Å². The molecule has 4 rings (SSSR count). The van der Waals surface area contributed by atoms with Crippen LogP contribution in [0.1, 0.15) is 27.0 Å². The first-order valence-electron chi connectivity index (χ1n) is 12.1. The molecule has 4 aromatic rings. The van der Waals surface area contributed by atoms with Crippen molar-refractivity contribution in [1.29, 1.82) is 0 Å². The number of carboxylic acids is 1. The first-order chi connectivity index (χ1) is 20.2. The summed E-state index contributed by atoms with van der Waals surface area (Å²) in [6.45, 7) is -1.11. The van der Waals surface area contributed by atoms with Crippen LogP contribution < -0.4 is 14.2 Å². The van der Waals surface area contributed by atoms with Gasteiger partial charge in [0.1, 0.15) is 19.8 Å². The van der Waals surface area contributed by atoms with Crippen molar-refractivity contribution in [1.82, 2.24) is 0 Å². The number of rotatable bonds is 13. The Balaban J connectivity index is 1.76. The Hall–Kier alpha value is -6.05. The number of carbonyl (C=O) groups is 1. The van der Waals surface area contributed by atoms with Crippen LogP contribution in [0.3, 0.4) is 0 Å². The highest BCUT2D eigenvalue weighted by Crippen LogP contribution is 2.41. The molecule has 0 saturated carbocycles. The molecule has 0 bridgehead atoms. The van der Waals surface area contributed by atoms with Crippen LogP contribution >= 0.6 is 0 Å². The Morgan fingerprint density at radius 3 is 1.26 bits per heavy atom. The van der Waals surface area contributed by atoms with Crippen molar-refractivity contribution < 1.29 is 38.9 Å². The number of nitrogens with zero attached hydrogens (tertiary/aromatic N) is 3. The SMILES string of the molecule is O=C(O)c1cc(OCc2ccccc2[N+](=O)[O-])c(OCc2ccccc2[N+](=O)[O-])c(OCc2ccccc2[N+](=O)[O-])c1. The van der Waals surface area contributed by atoms with E-state index in [4.69, 9.17) is 14.2 Å². The zero-order valence-electron chi connectivity index (χ0n) is 21.6. The minimum Gasteiger partial charge on any atom is -0.485 e. The van der Waals surface area contributed by atoms with Gasteiger partial charge in [0.05, 0.1) is 37.0 Å². The van der Waals surface area contributed by atoms with E-state index in [0.29, 0.717) is 0 Å². The topological polar surface area (TPSA) is 194 Å². The number of hydrogen-bond donors (Lipinski definition) is 1. The molecule has 0 amide bonds. The van der Waals surface area contributed by atoms with Crippen molar-refractivity contribution in [3.63, 3.8) is 0 Å². The van der Waals surface area contributed by atoms with E-state index < -0.39 is 20.7 Å². The molecule has 0 unspecified atom stereocenters. The van der Waals surface area contributed by atoms with Crippen LogP contribution in [0.2, 0.25) is 0 Å². The van der Waals surface area contributed by atoms with Gasteiger partial charge in [-0.2, -0.15) is 0 Å². The number of benzene rings is 4. The molecule has 0 aliphatic carbocycles. The molecule has 42 heavy (non-hydrogen) atoms. The summed E-state index contributed by atoms with van der Waals surface area (Å²) in [5, 5.41) is 44.2. The number of ether oxygens (including phenoxy) is 3. The van der Waals surface area contributed by atoms with E-state index in [1.165, 1.54) is 54.6 Å². The number of hydrogen-bond acceptors (Lipinski definition) is 10. The van der Waals surface area contributed by atoms with Gasteiger partial charge in [0.15, 0.2) is 11.5 Å². The van der Waals surface area contributed by atoms with Crippen molar-refractivity contribution in [2.24, 2.45) is 0 Å². The number of nitro groups is 3. The summed E-state index contributed by atoms with van der Waals surface area (Å²) in [5.74, 6) is -1.92. The number of carboxylic acid groups (broad SMARTS) is 1. The van der Waals surface area contributed by atoms with E-state index in [1.807, 2.05) is 0 Å². The molecule has 0 aliphatic heterocycles. The lowest BCUT2D eigenvalue weighted by Gasteiger charge is -2.18. The summed E-state index contributed by atoms with van der Waals surface area (Å²) in [4.78, 5) is 44.6. The van der Waals surface area contributed by atoms with Crippen LogP contribution in [-0.4, -0.2) is 25.8 Å². The number of para-hydroxylation sites is 3. The quantitative estimate of drug-likeness (QED) is 0.148. The van der Waals surface area contributed by atoms with Gasteiger partial charge in [-0.3, -0.25) is 30.3 Å². The molecule has 14 nitrogen and oxygen atoms in total. The van der Waals surface area contributed by atoms with Crippen LogP contribution in [0, 0.1) is 30.3 Å². The maximum Gasteiger partial charge on any atom is 0.335 e. The molecule has 214 valence electrons. The van der Waals surface area contributed by atoms with Crippen molar-refractivity contribution in [3.8, 4) is 17.2 Å². The van der Waals surface area contributed by atoms with Gasteiger partial charge < -0.3 is 19.3 Å². The van der Waals surface area contributed by atoms with E-state index in [1.54, 1.807) is 18.2 Å². The fourth-order valence-corrected chi connectivity index (χ4v) is 3.95. The molecule has 0 aromatic heterocycles. The van der Waals surface area contributed by atoms with Crippen molar-refractivity contribution >= 4 is 23.0 Å². The fraction of sp³-hybridized carbons (Fsp3) is 0.107. The average molecular weight is 575 g/mol. The predicted octanol–water partition coefficient (Wildman–Crippen LogP) is 5.85. The van der Waals surface area contributed by atoms with E-state index in [9.17, 15) is 40.2 Å². The second-order valence-corrected chi connectivity index (χ2v) is 8.63. The zero-order valence-corrected chi connectivity index (χ0v) is 21.6. The van der Waals surface area contributed by atoms with Crippen molar-refractivity contribution in [2.45, 2.75) is 19.8 Å². The molecule has 1 N–H and O–H groups in total. The molecule has 0 fully saturated rings. The van der Waals surface area contributed by atoms with Crippen LogP contribution in [0.4, 0.5) is 17.1 Å². The largest absolute Gasteiger partial charge is 0.485 e. The van der Waals surface area contributed by atoms with E-state index in [-0.39, 0.29) is 76.4 Å². The molecule has 0 spiro atoms. The molecular formula is C28H21N3O11. The Morgan fingerprint density at radius 2 is 0.929 bits per heavy atom. The van der Waals surface area contributed by atoms with Gasteiger partial charge in [-0.25, -0.2) is 4.79 Å². The lowest BCUT2D eigenvalue weighted by Crippen LogP contribution is -2.08. The Kier molecular flexibility index (Phi) is 8.87. The van der Waals surface area contributed by atoms with Crippen molar-refractivity contribution in [2.75, 3.05) is 0 Å². The summed E-state index contributed by atoms with van der Waals surface area (Å²) < 4.78 is 17.5. The van der Waals surface area contributed by atoms with Gasteiger partial charge in [0.2, 0.25) is 5.75 Å². The van der Waals surface area contributed by atoms with Gasteiger partial charge in [-0.05, 0) is 30.3 Å². The van der Waals surface area contributed by atoms with E-state index >= 15 is 0 Å². The highest BCUT2D eigenvalue weighted by Gasteiger charge is 2.23. The first kappa shape index (κ1) is 28.9. The third-order valence-corrected chi connectivity index (χ3v) is 5.97. The third-order valence-electron chi connectivity index (χ3n) is 5.97. The van der Waals surface area contributed by atoms with E-state index in [0.717, 1.165) is 12.1 Å². The summed E-state index contributed by atoms with van der Waals surface area (Å²) in [7, 11) is 0. The van der Waals surface area contributed by atoms with Crippen LogP contribution in [0.15, 0.2) is 84.9 Å². The molecule has 0 radical (unpaired) electrons. The molecule has 0 aliphatic rings. The lowest BCUT2D eigenvalue weighted by molar-refractivity contribution is -0.386. The van der Waals surface area contributed by atoms with E-state index in [2.05, 4.69) is 0 Å². The average Bonchev–Trinajstić information content (AvgIpc) is 2.98. The molecule has 4 aromatic carbocycles. The van der Waals surface area contributed by atoms with Gasteiger partial charge >= 0.3 is 5.97 Å². The first-order valence-corrected chi connectivity index (χ1v) is 12.1. The molecule has 14 heteroatoms. The standard InChI is InChI=1S/C28H21N3O11/c32-28(33)21-13-25(40-15-18-7-1-4-10-22(18)29(34)35)27(42-17-20-9-3-6-12-24(20)31(38)39)26(14-21)41-16-19-8-2-5-11-23(19)30(36)37/h1-14H,15-17H2,(H,32,33). The van der Waals surface area contributed by atoms with Gasteiger partial charge in [-0.1, -0.05) is 36.4 Å². The minimum atomic E-state index is -1.37. The smallest absolute Gasteiger partial charge is 0.335 e. The Morgan fingerprint density at radius 1 is 0.595 bits per heavy atom. The van der Waals surface area contributed by atoms with Gasteiger partial charge in [0.25, 0.3) is 17.1 Å². The summed E-state index contributed by atoms with van der Waals surface area (Å²) in [6.07, 6.45) is 0. The van der Waals surface area contributed by atoms with Crippen LogP contribution in [0.25, 0.3) is 0 Å². The molecule has 0 atom stereocenters. The highest BCUT2D eigenvalue weighted by molar-refractivity contribution is 5.89. The van der Waals surface area contributed by atoms with Gasteiger partial charge in [0, 0.05) is 18.2 Å². The molecule has 0 saturated heterocycles. The van der Waals surface area contributed by atoms with Crippen LogP contribution in [0.5, 0.6) is 17.2 Å². The molecular weight excluding hydrogens is 554 g/mol. The molecule has 0 heterocycles. The monoisotopic (exact) mass is 575 g/mol. The normalized spacial score (nSPS) is 10.5. The zero-order chi connectivity index (χ0) is 30.2. The lowest BCUT2D eigenvalue weighted by atomic mass is 10.1. The van der Waals surface area contributed by atoms with Crippen molar-refractivity contribution in [3.05, 3.63) is 138 Å². The van der Waals surface area contributed by atoms with Gasteiger partial charge in [-0.15, -0.1) is 0 Å². The minimum absolute atomic E-state index is 0.171. The Bertz CT molecular complexity index is 1590. The fourth-order valence-electron chi connectivity index (χ4n) is 3.95. The summed E-state index contributed by atoms with van der Waals surface area (Å²) in [5.41, 5.74) is -0.471. The second-order valence-electron chi connectivity index (χ2n) is 8.63. The number of aromatic carboxylic acids is 1.